The fourth-order valence-corrected chi connectivity index (χ4v) is 2.63. The third-order valence-corrected chi connectivity index (χ3v) is 5.41. The highest BCUT2D eigenvalue weighted by atomic mass is 32.2. The van der Waals surface area contributed by atoms with Gasteiger partial charge in [0, 0.05) is 9.60 Å². The summed E-state index contributed by atoms with van der Waals surface area (Å²) in [7, 11) is -5.81. The summed E-state index contributed by atoms with van der Waals surface area (Å²) in [5.74, 6) is 0. The van der Waals surface area contributed by atoms with E-state index in [4.69, 9.17) is 18.9 Å². The maximum Gasteiger partial charge on any atom is 0.494 e. The number of hydrogen-bond acceptors (Lipinski definition) is 4. The molecular weight excluding hydrogens is 287 g/mol. The van der Waals surface area contributed by atoms with E-state index < -0.39 is 52.0 Å². The normalized spacial score (nSPS) is 27.6. The molecule has 2 rings (SSSR count). The molecule has 0 bridgehead atoms. The highest BCUT2D eigenvalue weighted by Crippen LogP contribution is 2.36. The van der Waals surface area contributed by atoms with Crippen LogP contribution in [-0.4, -0.2) is 32.0 Å². The standard InChI is InChI=1S/C15H23BO4S/c1-11(2)21(17,18)13-9-7-12(8-10-13)16-19-14(3,4)15(5,6)20-16/h7-11H,1-6H3/i1D3,2D3,11D. The van der Waals surface area contributed by atoms with Crippen LogP contribution in [0, 0.1) is 0 Å². The van der Waals surface area contributed by atoms with Crippen molar-refractivity contribution in [2.45, 2.75) is 62.7 Å². The molecule has 6 heteroatoms. The number of benzene rings is 1. The SMILES string of the molecule is [2H]C([2H])([2H])C([2H])(C([2H])([2H])[2H])S(=O)(=O)c1ccc(B2OC(C)(C)C(C)(C)O2)cc1. The van der Waals surface area contributed by atoms with Crippen molar-refractivity contribution in [1.29, 1.82) is 0 Å². The lowest BCUT2D eigenvalue weighted by atomic mass is 9.79. The molecule has 0 aliphatic carbocycles. The van der Waals surface area contributed by atoms with Crippen molar-refractivity contribution in [3.05, 3.63) is 24.3 Å². The second kappa shape index (κ2) is 5.11. The summed E-state index contributed by atoms with van der Waals surface area (Å²) < 4.78 is 89.6. The molecule has 1 aliphatic heterocycles. The van der Waals surface area contributed by atoms with Gasteiger partial charge in [0.25, 0.3) is 0 Å². The van der Waals surface area contributed by atoms with Gasteiger partial charge in [-0.25, -0.2) is 8.42 Å². The molecule has 0 spiro atoms. The van der Waals surface area contributed by atoms with E-state index >= 15 is 0 Å². The molecule has 1 aromatic rings. The Morgan fingerprint density at radius 2 is 1.57 bits per heavy atom. The Morgan fingerprint density at radius 1 is 1.10 bits per heavy atom. The minimum absolute atomic E-state index is 0.482. The average molecular weight is 317 g/mol. The van der Waals surface area contributed by atoms with Crippen LogP contribution in [-0.2, 0) is 19.1 Å². The van der Waals surface area contributed by atoms with E-state index in [1.165, 1.54) is 12.1 Å². The van der Waals surface area contributed by atoms with E-state index in [-0.39, 0.29) is 0 Å². The summed E-state index contributed by atoms with van der Waals surface area (Å²) in [6.45, 7) is 0.253. The van der Waals surface area contributed by atoms with Gasteiger partial charge in [-0.3, -0.25) is 0 Å². The molecule has 0 atom stereocenters. The quantitative estimate of drug-likeness (QED) is 0.802. The first-order valence-electron chi connectivity index (χ1n) is 9.98. The zero-order valence-electron chi connectivity index (χ0n) is 19.4. The molecule has 1 saturated heterocycles. The minimum Gasteiger partial charge on any atom is -0.399 e. The van der Waals surface area contributed by atoms with Crippen LogP contribution < -0.4 is 5.46 Å². The molecule has 1 aliphatic rings. The molecule has 0 amide bonds. The molecule has 21 heavy (non-hydrogen) atoms. The molecule has 1 aromatic carbocycles. The summed E-state index contributed by atoms with van der Waals surface area (Å²) >= 11 is 0. The molecular formula is C15H23BO4S. The van der Waals surface area contributed by atoms with Gasteiger partial charge in [-0.15, -0.1) is 0 Å². The Labute approximate surface area is 137 Å². The van der Waals surface area contributed by atoms with Crippen LogP contribution >= 0.6 is 0 Å². The Balaban J connectivity index is 2.45. The fourth-order valence-electron chi connectivity index (χ4n) is 1.90. The van der Waals surface area contributed by atoms with E-state index in [0.29, 0.717) is 5.46 Å². The monoisotopic (exact) mass is 317 g/mol. The van der Waals surface area contributed by atoms with Gasteiger partial charge in [-0.1, -0.05) is 12.1 Å². The zero-order valence-corrected chi connectivity index (χ0v) is 13.2. The van der Waals surface area contributed by atoms with Gasteiger partial charge >= 0.3 is 7.12 Å². The van der Waals surface area contributed by atoms with Crippen LogP contribution in [0.5, 0.6) is 0 Å². The van der Waals surface area contributed by atoms with Crippen molar-refractivity contribution in [2.75, 3.05) is 0 Å². The second-order valence-corrected chi connectivity index (χ2v) is 7.88. The molecule has 0 saturated carbocycles. The van der Waals surface area contributed by atoms with Crippen LogP contribution in [0.3, 0.4) is 0 Å². The predicted molar refractivity (Wildman–Crippen MR) is 84.5 cm³/mol. The van der Waals surface area contributed by atoms with Crippen molar-refractivity contribution in [2.24, 2.45) is 0 Å². The number of sulfone groups is 1. The summed E-state index contributed by atoms with van der Waals surface area (Å²) in [5, 5.41) is -3.70. The van der Waals surface area contributed by atoms with Crippen molar-refractivity contribution >= 4 is 22.4 Å². The van der Waals surface area contributed by atoms with E-state index in [1.54, 1.807) is 0 Å². The topological polar surface area (TPSA) is 52.6 Å². The molecule has 0 aromatic heterocycles. The number of hydrogen-bond donors (Lipinski definition) is 0. The molecule has 0 radical (unpaired) electrons. The summed E-state index contributed by atoms with van der Waals surface area (Å²) in [6, 6.07) is 4.84. The van der Waals surface area contributed by atoms with Crippen LogP contribution in [0.4, 0.5) is 0 Å². The van der Waals surface area contributed by atoms with Crippen LogP contribution in [0.25, 0.3) is 0 Å². The molecule has 4 nitrogen and oxygen atoms in total. The molecule has 0 unspecified atom stereocenters. The van der Waals surface area contributed by atoms with Crippen molar-refractivity contribution in [3.63, 3.8) is 0 Å². The molecule has 1 fully saturated rings. The van der Waals surface area contributed by atoms with Gasteiger partial charge in [-0.05, 0) is 59.0 Å². The van der Waals surface area contributed by atoms with Crippen LogP contribution in [0.15, 0.2) is 29.2 Å². The van der Waals surface area contributed by atoms with Gasteiger partial charge in [-0.2, -0.15) is 0 Å². The van der Waals surface area contributed by atoms with Crippen LogP contribution in [0.2, 0.25) is 0 Å². The maximum absolute atomic E-state index is 12.8. The average Bonchev–Trinajstić information content (AvgIpc) is 2.72. The number of rotatable bonds is 3. The smallest absolute Gasteiger partial charge is 0.399 e. The summed E-state index contributed by atoms with van der Waals surface area (Å²) in [6.07, 6.45) is 0. The van der Waals surface area contributed by atoms with E-state index in [9.17, 15) is 8.42 Å². The summed E-state index contributed by atoms with van der Waals surface area (Å²) in [4.78, 5) is -0.574. The van der Waals surface area contributed by atoms with Gasteiger partial charge in [0.15, 0.2) is 9.84 Å². The first-order valence-corrected chi connectivity index (χ1v) is 7.96. The highest BCUT2D eigenvalue weighted by molar-refractivity contribution is 7.92. The third-order valence-electron chi connectivity index (χ3n) is 3.98. The Kier molecular flexibility index (Phi) is 2.27. The highest BCUT2D eigenvalue weighted by Gasteiger charge is 2.51. The maximum atomic E-state index is 12.8. The van der Waals surface area contributed by atoms with Crippen molar-refractivity contribution in [1.82, 2.24) is 0 Å². The Morgan fingerprint density at radius 3 is 2.00 bits per heavy atom. The van der Waals surface area contributed by atoms with E-state index in [1.807, 2.05) is 27.7 Å². The first-order chi connectivity index (χ1) is 12.3. The van der Waals surface area contributed by atoms with Crippen molar-refractivity contribution in [3.8, 4) is 0 Å². The Hall–Kier alpha value is -0.845. The minimum atomic E-state index is -5.04. The predicted octanol–water partition coefficient (Wildman–Crippen LogP) is 2.17. The lowest BCUT2D eigenvalue weighted by molar-refractivity contribution is 0.00578. The van der Waals surface area contributed by atoms with Gasteiger partial charge < -0.3 is 9.31 Å². The Bertz CT molecular complexity index is 815. The van der Waals surface area contributed by atoms with E-state index in [0.717, 1.165) is 12.1 Å². The van der Waals surface area contributed by atoms with Crippen LogP contribution in [0.1, 0.15) is 51.0 Å². The fraction of sp³-hybridized carbons (Fsp3) is 0.600. The van der Waals surface area contributed by atoms with Gasteiger partial charge in [0.1, 0.15) is 0 Å². The lowest BCUT2D eigenvalue weighted by Crippen LogP contribution is -2.41. The van der Waals surface area contributed by atoms with E-state index in [2.05, 4.69) is 0 Å². The molecule has 1 heterocycles. The van der Waals surface area contributed by atoms with Gasteiger partial charge in [0.05, 0.1) is 21.3 Å². The molecule has 0 N–H and O–H groups in total. The zero-order chi connectivity index (χ0) is 22.0. The first kappa shape index (κ1) is 9.33. The third kappa shape index (κ3) is 2.89. The second-order valence-electron chi connectivity index (χ2n) is 5.99. The lowest BCUT2D eigenvalue weighted by Gasteiger charge is -2.32. The van der Waals surface area contributed by atoms with Gasteiger partial charge in [0.2, 0.25) is 0 Å². The largest absolute Gasteiger partial charge is 0.494 e. The molecule has 116 valence electrons. The summed E-state index contributed by atoms with van der Waals surface area (Å²) in [5.41, 5.74) is -0.737. The van der Waals surface area contributed by atoms with Crippen molar-refractivity contribution < 1.29 is 27.3 Å².